The SMILES string of the molecule is C/C=C1\C2C=C(C)CC1(N=C/C=C/C1=CC=CC1)c1ccc(=O)[nH]c1C2. The van der Waals surface area contributed by atoms with E-state index >= 15 is 0 Å². The van der Waals surface area contributed by atoms with Crippen LogP contribution in [-0.2, 0) is 12.0 Å². The summed E-state index contributed by atoms with van der Waals surface area (Å²) in [4.78, 5) is 20.0. The van der Waals surface area contributed by atoms with Crippen LogP contribution in [0.25, 0.3) is 0 Å². The second-order valence-electron chi connectivity index (χ2n) is 7.33. The van der Waals surface area contributed by atoms with E-state index in [4.69, 9.17) is 4.99 Å². The maximum atomic E-state index is 11.8. The van der Waals surface area contributed by atoms with Crippen molar-refractivity contribution in [2.75, 3.05) is 0 Å². The van der Waals surface area contributed by atoms with Gasteiger partial charge in [-0.05, 0) is 50.0 Å². The number of rotatable bonds is 3. The normalized spacial score (nSPS) is 28.7. The van der Waals surface area contributed by atoms with Crippen LogP contribution in [0.4, 0.5) is 0 Å². The number of nitrogens with one attached hydrogen (secondary N) is 1. The summed E-state index contributed by atoms with van der Waals surface area (Å²) in [6.07, 6.45) is 19.7. The quantitative estimate of drug-likeness (QED) is 0.634. The minimum atomic E-state index is -0.400. The van der Waals surface area contributed by atoms with Gasteiger partial charge >= 0.3 is 0 Å². The van der Waals surface area contributed by atoms with E-state index < -0.39 is 5.54 Å². The highest BCUT2D eigenvalue weighted by Crippen LogP contribution is 2.51. The van der Waals surface area contributed by atoms with Gasteiger partial charge in [0.15, 0.2) is 0 Å². The second-order valence-corrected chi connectivity index (χ2v) is 7.33. The molecule has 0 aromatic carbocycles. The Kier molecular flexibility index (Phi) is 4.23. The zero-order valence-corrected chi connectivity index (χ0v) is 15.3. The monoisotopic (exact) mass is 344 g/mol. The van der Waals surface area contributed by atoms with Crippen LogP contribution < -0.4 is 5.56 Å². The molecule has 2 bridgehead atoms. The van der Waals surface area contributed by atoms with Gasteiger partial charge in [0.05, 0.1) is 0 Å². The van der Waals surface area contributed by atoms with E-state index in [0.29, 0.717) is 5.92 Å². The molecular formula is C23H24N2O. The molecule has 3 nitrogen and oxygen atoms in total. The molecule has 3 aliphatic carbocycles. The molecule has 1 N–H and O–H groups in total. The summed E-state index contributed by atoms with van der Waals surface area (Å²) in [6, 6.07) is 3.60. The number of aliphatic imine (C=N–C) groups is 1. The molecule has 0 radical (unpaired) electrons. The third-order valence-corrected chi connectivity index (χ3v) is 5.57. The minimum Gasteiger partial charge on any atom is -0.326 e. The Morgan fingerprint density at radius 1 is 1.35 bits per heavy atom. The summed E-state index contributed by atoms with van der Waals surface area (Å²) >= 11 is 0. The number of pyridine rings is 1. The Morgan fingerprint density at radius 3 is 3.00 bits per heavy atom. The molecule has 132 valence electrons. The van der Waals surface area contributed by atoms with Crippen LogP contribution in [0.3, 0.4) is 0 Å². The standard InChI is InChI=1S/C23H24N2O/c1-3-19-18-13-16(2)15-23(19,20-10-11-22(26)25-21(20)14-18)24-12-6-9-17-7-4-5-8-17/h3-7,9-13,18H,8,14-15H2,1-2H3,(H,25,26)/b9-6+,19-3+,24-12?. The number of nitrogens with zero attached hydrogens (tertiary/aromatic N) is 1. The van der Waals surface area contributed by atoms with Crippen LogP contribution >= 0.6 is 0 Å². The molecule has 26 heavy (non-hydrogen) atoms. The van der Waals surface area contributed by atoms with Gasteiger partial charge in [-0.15, -0.1) is 0 Å². The first-order valence-electron chi connectivity index (χ1n) is 9.26. The van der Waals surface area contributed by atoms with Crippen molar-refractivity contribution in [2.24, 2.45) is 10.9 Å². The molecule has 2 unspecified atom stereocenters. The molecule has 4 rings (SSSR count). The van der Waals surface area contributed by atoms with Crippen molar-refractivity contribution in [1.82, 2.24) is 4.98 Å². The zero-order chi connectivity index (χ0) is 18.1. The van der Waals surface area contributed by atoms with Crippen LogP contribution in [0.2, 0.25) is 0 Å². The van der Waals surface area contributed by atoms with Crippen molar-refractivity contribution < 1.29 is 0 Å². The number of fused-ring (bicyclic) bond motifs is 4. The first-order chi connectivity index (χ1) is 12.6. The van der Waals surface area contributed by atoms with Crippen LogP contribution in [0.5, 0.6) is 0 Å². The summed E-state index contributed by atoms with van der Waals surface area (Å²) in [6.45, 7) is 4.29. The van der Waals surface area contributed by atoms with E-state index in [2.05, 4.69) is 55.3 Å². The fourth-order valence-corrected chi connectivity index (χ4v) is 4.58. The number of aromatic nitrogens is 1. The first kappa shape index (κ1) is 16.8. The predicted molar refractivity (Wildman–Crippen MR) is 108 cm³/mol. The van der Waals surface area contributed by atoms with Gasteiger partial charge in [-0.3, -0.25) is 9.79 Å². The summed E-state index contributed by atoms with van der Waals surface area (Å²) < 4.78 is 0. The largest absolute Gasteiger partial charge is 0.326 e. The van der Waals surface area contributed by atoms with Gasteiger partial charge in [-0.25, -0.2) is 0 Å². The molecular weight excluding hydrogens is 320 g/mol. The van der Waals surface area contributed by atoms with Crippen LogP contribution in [0.1, 0.15) is 37.9 Å². The predicted octanol–water partition coefficient (Wildman–Crippen LogP) is 4.55. The van der Waals surface area contributed by atoms with E-state index in [1.165, 1.54) is 16.7 Å². The number of aromatic amines is 1. The summed E-state index contributed by atoms with van der Waals surface area (Å²) in [5.74, 6) is 0.308. The Bertz CT molecular complexity index is 968. The second kappa shape index (κ2) is 6.56. The summed E-state index contributed by atoms with van der Waals surface area (Å²) in [5.41, 5.74) is 5.73. The maximum absolute atomic E-state index is 11.8. The number of H-pyrrole nitrogens is 1. The maximum Gasteiger partial charge on any atom is 0.248 e. The molecule has 1 heterocycles. The highest BCUT2D eigenvalue weighted by molar-refractivity contribution is 5.74. The Hall–Kier alpha value is -2.68. The highest BCUT2D eigenvalue weighted by Gasteiger charge is 2.46. The lowest BCUT2D eigenvalue weighted by Crippen LogP contribution is -2.40. The summed E-state index contributed by atoms with van der Waals surface area (Å²) in [7, 11) is 0. The number of hydrogen-bond acceptors (Lipinski definition) is 2. The third-order valence-electron chi connectivity index (χ3n) is 5.57. The first-order valence-corrected chi connectivity index (χ1v) is 9.26. The Balaban J connectivity index is 1.79. The molecule has 2 atom stereocenters. The van der Waals surface area contributed by atoms with Crippen molar-refractivity contribution in [3.63, 3.8) is 0 Å². The molecule has 0 saturated heterocycles. The number of allylic oxidation sites excluding steroid dienone is 8. The Morgan fingerprint density at radius 2 is 2.23 bits per heavy atom. The molecule has 0 aliphatic heterocycles. The highest BCUT2D eigenvalue weighted by atomic mass is 16.1. The Labute approximate surface area is 154 Å². The lowest BCUT2D eigenvalue weighted by Gasteiger charge is -2.45. The molecule has 0 fully saturated rings. The van der Waals surface area contributed by atoms with E-state index in [0.717, 1.165) is 30.5 Å². The topological polar surface area (TPSA) is 45.2 Å². The van der Waals surface area contributed by atoms with Gasteiger partial charge in [-0.2, -0.15) is 0 Å². The van der Waals surface area contributed by atoms with Crippen LogP contribution in [0, 0.1) is 5.92 Å². The van der Waals surface area contributed by atoms with Crippen molar-refractivity contribution in [2.45, 2.75) is 38.6 Å². The van der Waals surface area contributed by atoms with E-state index in [1.807, 2.05) is 18.4 Å². The molecule has 0 spiro atoms. The molecule has 0 amide bonds. The van der Waals surface area contributed by atoms with E-state index in [1.54, 1.807) is 6.07 Å². The average molecular weight is 344 g/mol. The van der Waals surface area contributed by atoms with Gasteiger partial charge in [0.1, 0.15) is 5.54 Å². The van der Waals surface area contributed by atoms with Crippen LogP contribution in [-0.4, -0.2) is 11.2 Å². The van der Waals surface area contributed by atoms with E-state index in [9.17, 15) is 4.79 Å². The number of hydrogen-bond donors (Lipinski definition) is 1. The van der Waals surface area contributed by atoms with Gasteiger partial charge < -0.3 is 4.98 Å². The fraction of sp³-hybridized carbons (Fsp3) is 0.304. The fourth-order valence-electron chi connectivity index (χ4n) is 4.58. The molecule has 0 saturated carbocycles. The zero-order valence-electron chi connectivity index (χ0n) is 15.3. The third kappa shape index (κ3) is 2.78. The molecule has 1 aromatic heterocycles. The molecule has 3 heteroatoms. The van der Waals surface area contributed by atoms with Crippen molar-refractivity contribution in [1.29, 1.82) is 0 Å². The minimum absolute atomic E-state index is 0.0360. The lowest BCUT2D eigenvalue weighted by molar-refractivity contribution is 0.413. The van der Waals surface area contributed by atoms with Gasteiger partial charge in [0.25, 0.3) is 0 Å². The van der Waals surface area contributed by atoms with Gasteiger partial charge in [-0.1, -0.05) is 42.0 Å². The van der Waals surface area contributed by atoms with Crippen LogP contribution in [0.15, 0.2) is 81.2 Å². The van der Waals surface area contributed by atoms with Gasteiger partial charge in [0, 0.05) is 35.9 Å². The smallest absolute Gasteiger partial charge is 0.248 e. The van der Waals surface area contributed by atoms with E-state index in [-0.39, 0.29) is 5.56 Å². The summed E-state index contributed by atoms with van der Waals surface area (Å²) in [5, 5.41) is 0. The molecule has 1 aromatic rings. The van der Waals surface area contributed by atoms with Gasteiger partial charge in [0.2, 0.25) is 5.56 Å². The molecule has 3 aliphatic rings. The lowest BCUT2D eigenvalue weighted by atomic mass is 9.63. The van der Waals surface area contributed by atoms with Crippen molar-refractivity contribution in [3.8, 4) is 0 Å². The van der Waals surface area contributed by atoms with Crippen molar-refractivity contribution in [3.05, 3.63) is 93.0 Å². The van der Waals surface area contributed by atoms with Crippen molar-refractivity contribution >= 4 is 6.21 Å². The average Bonchev–Trinajstić information content (AvgIpc) is 3.11.